The van der Waals surface area contributed by atoms with Crippen LogP contribution in [0.5, 0.6) is 11.5 Å². The molecule has 1 fully saturated rings. The fraction of sp³-hybridized carbons (Fsp3) is 0.370. The first-order valence-electron chi connectivity index (χ1n) is 12.0. The molecule has 9 heteroatoms. The van der Waals surface area contributed by atoms with Crippen LogP contribution >= 0.6 is 0 Å². The molecule has 188 valence electrons. The van der Waals surface area contributed by atoms with Gasteiger partial charge in [0.25, 0.3) is 5.56 Å². The number of likely N-dealkylation sites (tertiary alicyclic amines) is 1. The van der Waals surface area contributed by atoms with Gasteiger partial charge >= 0.3 is 5.97 Å². The number of rotatable bonds is 6. The summed E-state index contributed by atoms with van der Waals surface area (Å²) in [6, 6.07) is 12.8. The fourth-order valence-electron chi connectivity index (χ4n) is 5.53. The Hall–Kier alpha value is -3.85. The van der Waals surface area contributed by atoms with Gasteiger partial charge < -0.3 is 23.9 Å². The highest BCUT2D eigenvalue weighted by molar-refractivity contribution is 5.71. The maximum atomic E-state index is 12.7. The number of phenols is 1. The minimum absolute atomic E-state index is 0.0114. The van der Waals surface area contributed by atoms with Crippen molar-refractivity contribution in [2.24, 2.45) is 5.92 Å². The number of nitrogens with zero attached hydrogens (tertiary/aromatic N) is 2. The quantitative estimate of drug-likeness (QED) is 0.504. The zero-order valence-electron chi connectivity index (χ0n) is 19.9. The highest BCUT2D eigenvalue weighted by atomic mass is 16.5. The summed E-state index contributed by atoms with van der Waals surface area (Å²) < 4.78 is 12.8. The standard InChI is InChI=1S/C27H28N2O7/c1-35-25(33)11-21(17-5-7-19(30)8-6-17)27-26(34)23(31)10-20(36-27)15-28-12-16-9-18(14-28)22-3-2-4-24(32)29(22)13-16/h2-8,10,16,18,21,30,34H,9,11-15H2,1H3/t16-,18+,21+/m0/s1. The Labute approximate surface area is 207 Å². The highest BCUT2D eigenvalue weighted by Crippen LogP contribution is 2.37. The van der Waals surface area contributed by atoms with E-state index in [1.807, 2.05) is 10.6 Å². The van der Waals surface area contributed by atoms with Crippen molar-refractivity contribution in [3.63, 3.8) is 0 Å². The predicted octanol–water partition coefficient (Wildman–Crippen LogP) is 2.53. The van der Waals surface area contributed by atoms with Crippen LogP contribution in [0.2, 0.25) is 0 Å². The molecule has 3 atom stereocenters. The van der Waals surface area contributed by atoms with Crippen LogP contribution in [0.25, 0.3) is 0 Å². The van der Waals surface area contributed by atoms with Gasteiger partial charge in [0.1, 0.15) is 11.5 Å². The number of hydrogen-bond donors (Lipinski definition) is 2. The highest BCUT2D eigenvalue weighted by Gasteiger charge is 2.35. The van der Waals surface area contributed by atoms with Crippen molar-refractivity contribution in [1.82, 2.24) is 9.47 Å². The van der Waals surface area contributed by atoms with E-state index in [0.29, 0.717) is 36.9 Å². The second-order valence-corrected chi connectivity index (χ2v) is 9.61. The van der Waals surface area contributed by atoms with Gasteiger partial charge in [0.2, 0.25) is 11.2 Å². The Balaban J connectivity index is 1.44. The van der Waals surface area contributed by atoms with E-state index in [-0.39, 0.29) is 29.4 Å². The number of aromatic hydroxyl groups is 2. The Kier molecular flexibility index (Phi) is 6.40. The van der Waals surface area contributed by atoms with Gasteiger partial charge in [-0.05, 0) is 36.1 Å². The van der Waals surface area contributed by atoms with E-state index in [0.717, 1.165) is 18.7 Å². The molecule has 2 aromatic heterocycles. The van der Waals surface area contributed by atoms with Gasteiger partial charge in [-0.1, -0.05) is 18.2 Å². The summed E-state index contributed by atoms with van der Waals surface area (Å²) in [7, 11) is 1.27. The van der Waals surface area contributed by atoms with E-state index in [2.05, 4.69) is 4.90 Å². The number of esters is 1. The number of pyridine rings is 1. The number of carbonyl (C=O) groups is 1. The molecule has 5 rings (SSSR count). The molecular formula is C27H28N2O7. The average molecular weight is 493 g/mol. The molecule has 0 spiro atoms. The normalized spacial score (nSPS) is 19.9. The number of benzene rings is 1. The smallest absolute Gasteiger partial charge is 0.306 e. The fourth-order valence-corrected chi connectivity index (χ4v) is 5.53. The molecule has 1 aromatic carbocycles. The second kappa shape index (κ2) is 9.66. The van der Waals surface area contributed by atoms with Crippen LogP contribution in [-0.4, -0.2) is 45.8 Å². The van der Waals surface area contributed by atoms with Gasteiger partial charge in [0.05, 0.1) is 26.0 Å². The topological polar surface area (TPSA) is 122 Å². The molecule has 0 saturated carbocycles. The number of piperidine rings is 1. The van der Waals surface area contributed by atoms with Crippen molar-refractivity contribution in [3.05, 3.63) is 91.9 Å². The van der Waals surface area contributed by atoms with Gasteiger partial charge in [-0.2, -0.15) is 0 Å². The third-order valence-electron chi connectivity index (χ3n) is 7.15. The number of methoxy groups -OCH3 is 1. The molecule has 0 aliphatic carbocycles. The van der Waals surface area contributed by atoms with Crippen LogP contribution in [0.1, 0.15) is 47.5 Å². The summed E-state index contributed by atoms with van der Waals surface area (Å²) in [6.07, 6.45) is 0.855. The number of phenolic OH excluding ortho intramolecular Hbond substituents is 1. The largest absolute Gasteiger partial charge is 0.508 e. The van der Waals surface area contributed by atoms with Crippen molar-refractivity contribution in [2.45, 2.75) is 37.8 Å². The molecule has 0 radical (unpaired) electrons. The lowest BCUT2D eigenvalue weighted by molar-refractivity contribution is -0.140. The number of hydrogen-bond acceptors (Lipinski definition) is 8. The maximum Gasteiger partial charge on any atom is 0.306 e. The molecule has 36 heavy (non-hydrogen) atoms. The Bertz CT molecular complexity index is 1390. The average Bonchev–Trinajstić information content (AvgIpc) is 2.86. The predicted molar refractivity (Wildman–Crippen MR) is 130 cm³/mol. The van der Waals surface area contributed by atoms with Gasteiger partial charge in [-0.25, -0.2) is 0 Å². The van der Waals surface area contributed by atoms with Crippen LogP contribution in [0.15, 0.2) is 62.5 Å². The van der Waals surface area contributed by atoms with Gasteiger partial charge in [-0.3, -0.25) is 19.3 Å². The zero-order valence-corrected chi connectivity index (χ0v) is 19.9. The van der Waals surface area contributed by atoms with E-state index < -0.39 is 23.1 Å². The first kappa shape index (κ1) is 23.9. The molecule has 4 heterocycles. The Morgan fingerprint density at radius 1 is 1.11 bits per heavy atom. The molecule has 2 aliphatic rings. The summed E-state index contributed by atoms with van der Waals surface area (Å²) in [4.78, 5) is 39.4. The van der Waals surface area contributed by atoms with Crippen molar-refractivity contribution in [1.29, 1.82) is 0 Å². The van der Waals surface area contributed by atoms with Crippen LogP contribution in [-0.2, 0) is 22.6 Å². The molecule has 2 aliphatic heterocycles. The van der Waals surface area contributed by atoms with Crippen LogP contribution in [0.3, 0.4) is 0 Å². The first-order valence-corrected chi connectivity index (χ1v) is 12.0. The molecule has 3 aromatic rings. The van der Waals surface area contributed by atoms with Crippen LogP contribution in [0.4, 0.5) is 0 Å². The molecule has 2 N–H and O–H groups in total. The van der Waals surface area contributed by atoms with Gasteiger partial charge in [0, 0.05) is 43.4 Å². The monoisotopic (exact) mass is 492 g/mol. The first-order chi connectivity index (χ1) is 17.3. The lowest BCUT2D eigenvalue weighted by Gasteiger charge is -2.42. The van der Waals surface area contributed by atoms with Crippen molar-refractivity contribution in [3.8, 4) is 11.5 Å². The van der Waals surface area contributed by atoms with E-state index in [1.165, 1.54) is 25.3 Å². The minimum atomic E-state index is -0.773. The van der Waals surface area contributed by atoms with Crippen LogP contribution < -0.4 is 11.0 Å². The number of ether oxygens (including phenoxy) is 1. The van der Waals surface area contributed by atoms with E-state index in [1.54, 1.807) is 24.3 Å². The lowest BCUT2D eigenvalue weighted by atomic mass is 9.83. The summed E-state index contributed by atoms with van der Waals surface area (Å²) in [5.41, 5.74) is 1.05. The Morgan fingerprint density at radius 2 is 1.89 bits per heavy atom. The molecular weight excluding hydrogens is 464 g/mol. The lowest BCUT2D eigenvalue weighted by Crippen LogP contribution is -2.46. The molecule has 0 amide bonds. The maximum absolute atomic E-state index is 12.7. The summed E-state index contributed by atoms with van der Waals surface area (Å²) >= 11 is 0. The molecule has 9 nitrogen and oxygen atoms in total. The van der Waals surface area contributed by atoms with Gasteiger partial charge in [-0.15, -0.1) is 0 Å². The molecule has 0 unspecified atom stereocenters. The third kappa shape index (κ3) is 4.66. The van der Waals surface area contributed by atoms with E-state index in [9.17, 15) is 24.6 Å². The van der Waals surface area contributed by atoms with Crippen molar-refractivity contribution >= 4 is 5.97 Å². The zero-order chi connectivity index (χ0) is 25.4. The summed E-state index contributed by atoms with van der Waals surface area (Å²) in [5, 5.41) is 20.3. The number of fused-ring (bicyclic) bond motifs is 4. The SMILES string of the molecule is COC(=O)C[C@H](c1ccc(O)cc1)c1oc(CN2C[C@@H]3C[C@H](C2)c2cccc(=O)n2C3)cc(=O)c1O. The molecule has 2 bridgehead atoms. The van der Waals surface area contributed by atoms with E-state index >= 15 is 0 Å². The summed E-state index contributed by atoms with van der Waals surface area (Å²) in [5.74, 6) is -0.917. The van der Waals surface area contributed by atoms with Gasteiger partial charge in [0.15, 0.2) is 5.76 Å². The molecule has 1 saturated heterocycles. The number of aromatic nitrogens is 1. The third-order valence-corrected chi connectivity index (χ3v) is 7.15. The number of carbonyl (C=O) groups excluding carboxylic acids is 1. The summed E-state index contributed by atoms with van der Waals surface area (Å²) in [6.45, 7) is 2.48. The van der Waals surface area contributed by atoms with Crippen molar-refractivity contribution < 1.29 is 24.2 Å². The van der Waals surface area contributed by atoms with E-state index in [4.69, 9.17) is 9.15 Å². The van der Waals surface area contributed by atoms with Crippen LogP contribution in [0, 0.1) is 5.92 Å². The second-order valence-electron chi connectivity index (χ2n) is 9.61. The van der Waals surface area contributed by atoms with Crippen molar-refractivity contribution in [2.75, 3.05) is 20.2 Å². The Morgan fingerprint density at radius 3 is 2.64 bits per heavy atom. The minimum Gasteiger partial charge on any atom is -0.508 e.